The molecule has 0 spiro atoms. The topological polar surface area (TPSA) is 303 Å². The van der Waals surface area contributed by atoms with Gasteiger partial charge in [0.2, 0.25) is 11.8 Å². The molecular formula is C61H66N4O16P2. The Morgan fingerprint density at radius 3 is 1.02 bits per heavy atom. The second-order valence-corrected chi connectivity index (χ2v) is 26.7. The Morgan fingerprint density at radius 1 is 0.458 bits per heavy atom. The van der Waals surface area contributed by atoms with Crippen LogP contribution in [0.25, 0.3) is 22.3 Å². The van der Waals surface area contributed by atoms with Gasteiger partial charge >= 0.3 is 39.3 Å². The number of carbonyl (C=O) groups excluding carboxylic acids is 6. The molecule has 0 unspecified atom stereocenters. The zero-order valence-electron chi connectivity index (χ0n) is 46.5. The lowest BCUT2D eigenvalue weighted by molar-refractivity contribution is -0.159. The van der Waals surface area contributed by atoms with Gasteiger partial charge in [-0.05, 0) is 121 Å². The standard InChI is InChI=1S/C61H66N4O16P2/c1-59(2,3)80-55(68)51(64-57(70)78-35-49-45-19-11-7-15-41(45)42-16-8-12-20-46(42)49)31-53(66)62-39-27-23-37(24-28-39)33-61(82(72,73)74,83(75,76)77)34-38-25-29-40(30-26-38)63-54(67)32-52(56(69)81-60(4,5)6)65-58(71)79-36-50-47-21-13-9-17-43(47)44-18-10-14-22-48(44)50/h7-30,49-52H,31-36H2,1-6H3,(H,62,66)(H,63,67)(H,64,70)(H,65,71)(H2,72,73,74)(H2,75,76,77)/t51-,52-/m0/s1. The Kier molecular flexibility index (Phi) is 18.3. The van der Waals surface area contributed by atoms with E-state index in [2.05, 4.69) is 21.3 Å². The molecular weight excluding hydrogens is 1110 g/mol. The number of anilines is 2. The summed E-state index contributed by atoms with van der Waals surface area (Å²) < 4.78 is 48.9. The molecule has 8 N–H and O–H groups in total. The fourth-order valence-corrected chi connectivity index (χ4v) is 13.1. The maximum absolute atomic E-state index is 13.5. The second kappa shape index (κ2) is 24.9. The molecule has 2 aliphatic rings. The van der Waals surface area contributed by atoms with Crippen LogP contribution in [0, 0.1) is 0 Å². The van der Waals surface area contributed by atoms with E-state index in [4.69, 9.17) is 18.9 Å². The molecule has 436 valence electrons. The predicted molar refractivity (Wildman–Crippen MR) is 309 cm³/mol. The van der Waals surface area contributed by atoms with Crippen LogP contribution in [0.4, 0.5) is 21.0 Å². The first-order valence-electron chi connectivity index (χ1n) is 26.7. The first kappa shape index (κ1) is 61.1. The van der Waals surface area contributed by atoms with Crippen molar-refractivity contribution < 1.29 is 76.4 Å². The smallest absolute Gasteiger partial charge is 0.407 e. The van der Waals surface area contributed by atoms with Crippen LogP contribution < -0.4 is 21.3 Å². The molecule has 0 aliphatic heterocycles. The number of benzene rings is 6. The van der Waals surface area contributed by atoms with Crippen molar-refractivity contribution in [2.45, 2.75) is 107 Å². The number of alkyl carbamates (subject to hydrolysis) is 2. The highest BCUT2D eigenvalue weighted by Gasteiger charge is 2.60. The van der Waals surface area contributed by atoms with E-state index in [1.807, 2.05) is 97.1 Å². The van der Waals surface area contributed by atoms with Gasteiger partial charge in [0.25, 0.3) is 0 Å². The van der Waals surface area contributed by atoms with Crippen LogP contribution in [-0.2, 0) is 60.1 Å². The highest BCUT2D eigenvalue weighted by molar-refractivity contribution is 7.72. The van der Waals surface area contributed by atoms with Crippen molar-refractivity contribution >= 4 is 62.5 Å². The molecule has 0 saturated heterocycles. The molecule has 6 aromatic rings. The van der Waals surface area contributed by atoms with Gasteiger partial charge in [-0.15, -0.1) is 0 Å². The SMILES string of the molecule is CC(C)(C)OC(=O)[C@H](CC(=O)Nc1ccc(CC(Cc2ccc(NC(=O)C[C@H](NC(=O)OCC3c4ccccc4-c4ccccc43)C(=O)OC(C)(C)C)cc2)(P(=O)(O)O)P(=O)(O)O)cc1)NC(=O)OCC1c2ccccc2-c2ccccc21. The Hall–Kier alpha value is -7.96. The molecule has 4 amide bonds. The molecule has 0 fully saturated rings. The van der Waals surface area contributed by atoms with Crippen LogP contribution in [0.15, 0.2) is 146 Å². The van der Waals surface area contributed by atoms with Crippen molar-refractivity contribution in [3.8, 4) is 22.3 Å². The lowest BCUT2D eigenvalue weighted by Crippen LogP contribution is -2.46. The first-order chi connectivity index (χ1) is 39.1. The number of esters is 2. The van der Waals surface area contributed by atoms with E-state index in [1.54, 1.807) is 41.5 Å². The fourth-order valence-electron chi connectivity index (χ4n) is 10.2. The van der Waals surface area contributed by atoms with Gasteiger partial charge in [0.05, 0.1) is 12.8 Å². The van der Waals surface area contributed by atoms with E-state index in [1.165, 1.54) is 48.5 Å². The number of ether oxygens (including phenoxy) is 4. The summed E-state index contributed by atoms with van der Waals surface area (Å²) in [5.74, 6) is -3.87. The molecule has 22 heteroatoms. The van der Waals surface area contributed by atoms with Crippen LogP contribution in [0.3, 0.4) is 0 Å². The van der Waals surface area contributed by atoms with E-state index in [0.717, 1.165) is 44.5 Å². The molecule has 6 aromatic carbocycles. The van der Waals surface area contributed by atoms with E-state index >= 15 is 0 Å². The Bertz CT molecular complexity index is 3190. The molecule has 0 radical (unpaired) electrons. The van der Waals surface area contributed by atoms with Gasteiger partial charge in [-0.1, -0.05) is 121 Å². The molecule has 2 aliphatic carbocycles. The Morgan fingerprint density at radius 2 is 0.747 bits per heavy atom. The summed E-state index contributed by atoms with van der Waals surface area (Å²) in [6, 6.07) is 38.6. The van der Waals surface area contributed by atoms with Crippen LogP contribution in [0.1, 0.15) is 99.6 Å². The van der Waals surface area contributed by atoms with Crippen LogP contribution in [-0.4, -0.2) is 96.9 Å². The number of nitrogens with one attached hydrogen (secondary N) is 4. The normalized spacial score (nSPS) is 13.9. The Balaban J connectivity index is 0.888. The van der Waals surface area contributed by atoms with Crippen LogP contribution in [0.5, 0.6) is 0 Å². The monoisotopic (exact) mass is 1170 g/mol. The van der Waals surface area contributed by atoms with E-state index in [0.29, 0.717) is 0 Å². The van der Waals surface area contributed by atoms with Crippen LogP contribution >= 0.6 is 15.2 Å². The van der Waals surface area contributed by atoms with Crippen molar-refractivity contribution in [2.75, 3.05) is 23.8 Å². The van der Waals surface area contributed by atoms with Gasteiger partial charge in [0.1, 0.15) is 36.5 Å². The molecule has 0 aromatic heterocycles. The van der Waals surface area contributed by atoms with Gasteiger partial charge < -0.3 is 59.8 Å². The zero-order valence-corrected chi connectivity index (χ0v) is 48.3. The molecule has 0 bridgehead atoms. The maximum Gasteiger partial charge on any atom is 0.407 e. The van der Waals surface area contributed by atoms with Crippen molar-refractivity contribution in [3.05, 3.63) is 179 Å². The average Bonchev–Trinajstić information content (AvgIpc) is 2.53. The van der Waals surface area contributed by atoms with Crippen molar-refractivity contribution in [3.63, 3.8) is 0 Å². The second-order valence-electron chi connectivity index (χ2n) is 22.4. The van der Waals surface area contributed by atoms with Crippen LogP contribution in [0.2, 0.25) is 0 Å². The summed E-state index contributed by atoms with van der Waals surface area (Å²) in [7, 11) is -11.4. The molecule has 2 atom stereocenters. The van der Waals surface area contributed by atoms with Gasteiger partial charge in [-0.3, -0.25) is 18.7 Å². The molecule has 0 heterocycles. The third-order valence-corrected chi connectivity index (χ3v) is 18.3. The number of hydrogen-bond donors (Lipinski definition) is 8. The number of carbonyl (C=O) groups is 6. The zero-order chi connectivity index (χ0) is 60.1. The molecule has 83 heavy (non-hydrogen) atoms. The molecule has 20 nitrogen and oxygen atoms in total. The largest absolute Gasteiger partial charge is 0.458 e. The van der Waals surface area contributed by atoms with Crippen molar-refractivity contribution in [1.82, 2.24) is 10.6 Å². The minimum Gasteiger partial charge on any atom is -0.458 e. The summed E-state index contributed by atoms with van der Waals surface area (Å²) in [5.41, 5.74) is 6.34. The third kappa shape index (κ3) is 15.0. The summed E-state index contributed by atoms with van der Waals surface area (Å²) in [4.78, 5) is 120. The summed E-state index contributed by atoms with van der Waals surface area (Å²) in [6.07, 6.45) is -4.83. The van der Waals surface area contributed by atoms with Gasteiger partial charge in [-0.2, -0.15) is 0 Å². The fraction of sp³-hybridized carbons (Fsp3) is 0.311. The summed E-state index contributed by atoms with van der Waals surface area (Å²) >= 11 is 0. The highest BCUT2D eigenvalue weighted by atomic mass is 31.2. The van der Waals surface area contributed by atoms with Crippen molar-refractivity contribution in [1.29, 1.82) is 0 Å². The van der Waals surface area contributed by atoms with E-state index in [9.17, 15) is 57.5 Å². The minimum atomic E-state index is -5.69. The lowest BCUT2D eigenvalue weighted by atomic mass is 9.98. The minimum absolute atomic E-state index is 0.0625. The molecule has 8 rings (SSSR count). The van der Waals surface area contributed by atoms with E-state index < -0.39 is 105 Å². The predicted octanol–water partition coefficient (Wildman–Crippen LogP) is 9.68. The Labute approximate surface area is 480 Å². The number of amides is 4. The van der Waals surface area contributed by atoms with E-state index in [-0.39, 0.29) is 47.6 Å². The summed E-state index contributed by atoms with van der Waals surface area (Å²) in [6.45, 7) is 9.59. The number of hydrogen-bond acceptors (Lipinski definition) is 12. The number of rotatable bonds is 20. The summed E-state index contributed by atoms with van der Waals surface area (Å²) in [5, 5.41) is 10.1. The third-order valence-electron chi connectivity index (χ3n) is 14.0. The molecule has 0 saturated carbocycles. The quantitative estimate of drug-likeness (QED) is 0.0200. The van der Waals surface area contributed by atoms with Gasteiger partial charge in [0, 0.05) is 36.1 Å². The number of fused-ring (bicyclic) bond motifs is 6. The lowest BCUT2D eigenvalue weighted by Gasteiger charge is -2.35. The highest BCUT2D eigenvalue weighted by Crippen LogP contribution is 2.71. The van der Waals surface area contributed by atoms with Gasteiger partial charge in [0.15, 0.2) is 4.90 Å². The average molecular weight is 1170 g/mol. The first-order valence-corrected chi connectivity index (χ1v) is 29.9. The van der Waals surface area contributed by atoms with Gasteiger partial charge in [-0.25, -0.2) is 19.2 Å². The maximum atomic E-state index is 13.5. The van der Waals surface area contributed by atoms with Crippen molar-refractivity contribution in [2.24, 2.45) is 0 Å².